The van der Waals surface area contributed by atoms with Crippen LogP contribution in [0.4, 0.5) is 16.2 Å². The number of hydrogen-bond donors (Lipinski definition) is 2. The first-order valence-electron chi connectivity index (χ1n) is 11.3. The van der Waals surface area contributed by atoms with E-state index < -0.39 is 29.9 Å². The number of ether oxygens (including phenoxy) is 2. The normalized spacial score (nSPS) is 19.7. The summed E-state index contributed by atoms with van der Waals surface area (Å²) in [5.41, 5.74) is 0.832. The Labute approximate surface area is 203 Å². The number of urea groups is 1. The molecule has 10 heteroatoms. The third-order valence-corrected chi connectivity index (χ3v) is 6.19. The Hall–Kier alpha value is -4.08. The van der Waals surface area contributed by atoms with Crippen LogP contribution in [0, 0.1) is 0 Å². The topological polar surface area (TPSA) is 117 Å². The lowest BCUT2D eigenvalue weighted by molar-refractivity contribution is -0.133. The molecule has 2 saturated heterocycles. The molecule has 0 aliphatic carbocycles. The summed E-state index contributed by atoms with van der Waals surface area (Å²) in [4.78, 5) is 52.8. The Morgan fingerprint density at radius 2 is 1.77 bits per heavy atom. The fourth-order valence-corrected chi connectivity index (χ4v) is 4.40. The third-order valence-electron chi connectivity index (χ3n) is 6.19. The maximum absolute atomic E-state index is 13.1. The summed E-state index contributed by atoms with van der Waals surface area (Å²) in [7, 11) is 3.05. The molecule has 0 aromatic heterocycles. The van der Waals surface area contributed by atoms with Crippen LogP contribution < -0.4 is 25.0 Å². The molecule has 2 fully saturated rings. The van der Waals surface area contributed by atoms with Gasteiger partial charge in [0.15, 0.2) is 11.5 Å². The highest BCUT2D eigenvalue weighted by atomic mass is 16.5. The van der Waals surface area contributed by atoms with Gasteiger partial charge in [-0.1, -0.05) is 6.07 Å². The number of methoxy groups -OCH3 is 2. The minimum atomic E-state index is -1.21. The number of nitrogens with one attached hydrogen (secondary N) is 2. The van der Waals surface area contributed by atoms with Crippen molar-refractivity contribution in [2.75, 3.05) is 37.5 Å². The molecular weight excluding hydrogens is 452 g/mol. The zero-order chi connectivity index (χ0) is 25.2. The van der Waals surface area contributed by atoms with Crippen LogP contribution in [-0.2, 0) is 20.8 Å². The highest BCUT2D eigenvalue weighted by molar-refractivity contribution is 6.10. The van der Waals surface area contributed by atoms with E-state index in [4.69, 9.17) is 9.47 Å². The summed E-state index contributed by atoms with van der Waals surface area (Å²) < 4.78 is 10.6. The number of nitrogens with zero attached hydrogens (tertiary/aromatic N) is 2. The molecule has 2 heterocycles. The van der Waals surface area contributed by atoms with E-state index in [0.717, 1.165) is 22.6 Å². The minimum absolute atomic E-state index is 0.0801. The molecule has 0 saturated carbocycles. The molecule has 35 heavy (non-hydrogen) atoms. The van der Waals surface area contributed by atoms with Crippen molar-refractivity contribution in [1.29, 1.82) is 0 Å². The summed E-state index contributed by atoms with van der Waals surface area (Å²) in [6.07, 6.45) is 1.58. The molecule has 0 spiro atoms. The van der Waals surface area contributed by atoms with Gasteiger partial charge in [0.2, 0.25) is 11.8 Å². The predicted molar refractivity (Wildman–Crippen MR) is 129 cm³/mol. The standard InChI is InChI=1S/C25H28N4O6/c1-25(14-16-6-11-19(34-2)20(13-16)35-3)23(32)29(24(33)27-25)15-21(30)26-17-7-9-18(10-8-17)28-12-4-5-22(28)31/h6-11,13H,4-5,12,14-15H2,1-3H3,(H,26,30)(H,27,33)/t25-/m1/s1. The monoisotopic (exact) mass is 480 g/mol. The second-order valence-corrected chi connectivity index (χ2v) is 8.76. The van der Waals surface area contributed by atoms with Crippen LogP contribution in [-0.4, -0.2) is 61.5 Å². The summed E-state index contributed by atoms with van der Waals surface area (Å²) in [6.45, 7) is 1.89. The quantitative estimate of drug-likeness (QED) is 0.560. The van der Waals surface area contributed by atoms with E-state index in [0.29, 0.717) is 30.2 Å². The molecule has 2 aromatic rings. The minimum Gasteiger partial charge on any atom is -0.493 e. The molecule has 0 unspecified atom stereocenters. The van der Waals surface area contributed by atoms with Crippen molar-refractivity contribution in [3.05, 3.63) is 48.0 Å². The first-order chi connectivity index (χ1) is 16.7. The average Bonchev–Trinajstić information content (AvgIpc) is 3.35. The van der Waals surface area contributed by atoms with Gasteiger partial charge in [0.1, 0.15) is 12.1 Å². The van der Waals surface area contributed by atoms with Gasteiger partial charge in [-0.3, -0.25) is 19.3 Å². The van der Waals surface area contributed by atoms with E-state index in [1.165, 1.54) is 14.2 Å². The highest BCUT2D eigenvalue weighted by Gasteiger charge is 2.48. The lowest BCUT2D eigenvalue weighted by Gasteiger charge is -2.22. The van der Waals surface area contributed by atoms with Gasteiger partial charge in [0, 0.05) is 30.8 Å². The van der Waals surface area contributed by atoms with Crippen molar-refractivity contribution in [2.45, 2.75) is 31.7 Å². The maximum Gasteiger partial charge on any atom is 0.325 e. The molecule has 10 nitrogen and oxygen atoms in total. The molecule has 5 amide bonds. The number of carbonyl (C=O) groups excluding carboxylic acids is 4. The van der Waals surface area contributed by atoms with Crippen molar-refractivity contribution < 1.29 is 28.7 Å². The Kier molecular flexibility index (Phi) is 6.63. The van der Waals surface area contributed by atoms with Crippen molar-refractivity contribution in [3.8, 4) is 11.5 Å². The lowest BCUT2D eigenvalue weighted by Crippen LogP contribution is -2.46. The second kappa shape index (κ2) is 9.65. The van der Waals surface area contributed by atoms with Gasteiger partial charge in [-0.2, -0.15) is 0 Å². The summed E-state index contributed by atoms with van der Waals surface area (Å²) in [5.74, 6) is 0.156. The van der Waals surface area contributed by atoms with Gasteiger partial charge < -0.3 is 25.0 Å². The third kappa shape index (κ3) is 4.91. The summed E-state index contributed by atoms with van der Waals surface area (Å²) in [5, 5.41) is 5.40. The van der Waals surface area contributed by atoms with E-state index in [9.17, 15) is 19.2 Å². The number of hydrogen-bond acceptors (Lipinski definition) is 6. The fraction of sp³-hybridized carbons (Fsp3) is 0.360. The van der Waals surface area contributed by atoms with E-state index in [-0.39, 0.29) is 12.3 Å². The molecule has 0 radical (unpaired) electrons. The second-order valence-electron chi connectivity index (χ2n) is 8.76. The number of carbonyl (C=O) groups is 4. The van der Waals surface area contributed by atoms with Crippen molar-refractivity contribution in [2.24, 2.45) is 0 Å². The van der Waals surface area contributed by atoms with Gasteiger partial charge >= 0.3 is 6.03 Å². The van der Waals surface area contributed by atoms with Gasteiger partial charge in [-0.15, -0.1) is 0 Å². The van der Waals surface area contributed by atoms with Crippen LogP contribution in [0.3, 0.4) is 0 Å². The Bertz CT molecular complexity index is 1170. The van der Waals surface area contributed by atoms with Crippen LogP contribution in [0.5, 0.6) is 11.5 Å². The largest absolute Gasteiger partial charge is 0.493 e. The van der Waals surface area contributed by atoms with E-state index in [2.05, 4.69) is 10.6 Å². The van der Waals surface area contributed by atoms with Crippen molar-refractivity contribution >= 4 is 35.1 Å². The lowest BCUT2D eigenvalue weighted by atomic mass is 9.92. The molecule has 2 aliphatic heterocycles. The number of rotatable bonds is 8. The number of anilines is 2. The number of benzene rings is 2. The van der Waals surface area contributed by atoms with Crippen LogP contribution >= 0.6 is 0 Å². The van der Waals surface area contributed by atoms with Gasteiger partial charge in [0.05, 0.1) is 14.2 Å². The van der Waals surface area contributed by atoms with Crippen molar-refractivity contribution in [3.63, 3.8) is 0 Å². The van der Waals surface area contributed by atoms with Crippen LogP contribution in [0.2, 0.25) is 0 Å². The number of imide groups is 1. The summed E-state index contributed by atoms with van der Waals surface area (Å²) in [6, 6.07) is 11.5. The SMILES string of the molecule is COc1ccc(C[C@@]2(C)NC(=O)N(CC(=O)Nc3ccc(N4CCCC4=O)cc3)C2=O)cc1OC. The zero-order valence-electron chi connectivity index (χ0n) is 19.9. The molecule has 0 bridgehead atoms. The molecule has 1 atom stereocenters. The van der Waals surface area contributed by atoms with E-state index >= 15 is 0 Å². The molecule has 2 aromatic carbocycles. The first kappa shape index (κ1) is 24.1. The predicted octanol–water partition coefficient (Wildman–Crippen LogP) is 2.32. The zero-order valence-corrected chi connectivity index (χ0v) is 19.9. The molecule has 2 aliphatic rings. The Morgan fingerprint density at radius 1 is 1.06 bits per heavy atom. The smallest absolute Gasteiger partial charge is 0.325 e. The average molecular weight is 481 g/mol. The van der Waals surface area contributed by atoms with Gasteiger partial charge in [-0.25, -0.2) is 4.79 Å². The van der Waals surface area contributed by atoms with Crippen molar-refractivity contribution in [1.82, 2.24) is 10.2 Å². The molecule has 2 N–H and O–H groups in total. The van der Waals surface area contributed by atoms with Gasteiger partial charge in [-0.05, 0) is 55.3 Å². The molecule has 4 rings (SSSR count). The fourth-order valence-electron chi connectivity index (χ4n) is 4.40. The number of amides is 5. The Balaban J connectivity index is 1.39. The van der Waals surface area contributed by atoms with Gasteiger partial charge in [0.25, 0.3) is 5.91 Å². The van der Waals surface area contributed by atoms with Crippen LogP contribution in [0.25, 0.3) is 0 Å². The van der Waals surface area contributed by atoms with Crippen LogP contribution in [0.15, 0.2) is 42.5 Å². The summed E-state index contributed by atoms with van der Waals surface area (Å²) >= 11 is 0. The first-order valence-corrected chi connectivity index (χ1v) is 11.3. The van der Waals surface area contributed by atoms with Crippen LogP contribution in [0.1, 0.15) is 25.3 Å². The highest BCUT2D eigenvalue weighted by Crippen LogP contribution is 2.30. The Morgan fingerprint density at radius 3 is 2.40 bits per heavy atom. The van der Waals surface area contributed by atoms with E-state index in [1.54, 1.807) is 54.3 Å². The maximum atomic E-state index is 13.1. The molecular formula is C25H28N4O6. The molecule has 184 valence electrons. The van der Waals surface area contributed by atoms with E-state index in [1.807, 2.05) is 0 Å².